The van der Waals surface area contributed by atoms with Crippen molar-refractivity contribution >= 4 is 5.97 Å². The summed E-state index contributed by atoms with van der Waals surface area (Å²) in [5, 5.41) is 18.5. The number of aliphatic hydroxyl groups is 1. The van der Waals surface area contributed by atoms with E-state index in [9.17, 15) is 9.90 Å². The maximum atomic E-state index is 10.7. The van der Waals surface area contributed by atoms with Crippen LogP contribution in [0.2, 0.25) is 0 Å². The van der Waals surface area contributed by atoms with Gasteiger partial charge in [0.25, 0.3) is 0 Å². The van der Waals surface area contributed by atoms with Crippen LogP contribution in [0.25, 0.3) is 11.1 Å². The first-order valence-corrected chi connectivity index (χ1v) is 6.72. The summed E-state index contributed by atoms with van der Waals surface area (Å²) in [7, 11) is 1.56. The van der Waals surface area contributed by atoms with Crippen LogP contribution in [0.15, 0.2) is 48.5 Å². The van der Waals surface area contributed by atoms with Gasteiger partial charge in [-0.3, -0.25) is 4.79 Å². The molecule has 1 atom stereocenters. The van der Waals surface area contributed by atoms with Crippen LogP contribution in [0.3, 0.4) is 0 Å². The van der Waals surface area contributed by atoms with Crippen LogP contribution in [-0.2, 0) is 11.2 Å². The van der Waals surface area contributed by atoms with E-state index >= 15 is 0 Å². The standard InChI is InChI=1S/C17H18O4/c1-21-16-8-7-13(12-5-3-2-4-6-12)9-14(16)10-15(18)11-17(19)20/h2-9,15,18H,10-11H2,1H3,(H,19,20)/t15-/m0/s1. The number of methoxy groups -OCH3 is 1. The zero-order valence-corrected chi connectivity index (χ0v) is 11.8. The number of carboxylic acids is 1. The second kappa shape index (κ2) is 6.90. The molecule has 0 spiro atoms. The maximum absolute atomic E-state index is 10.7. The monoisotopic (exact) mass is 286 g/mol. The molecule has 0 aliphatic carbocycles. The minimum Gasteiger partial charge on any atom is -0.496 e. The Morgan fingerprint density at radius 3 is 2.48 bits per heavy atom. The molecule has 2 rings (SSSR count). The first-order valence-electron chi connectivity index (χ1n) is 6.72. The summed E-state index contributed by atoms with van der Waals surface area (Å²) in [6.07, 6.45) is -0.961. The Bertz CT molecular complexity index is 607. The molecule has 2 N–H and O–H groups in total. The molecule has 0 unspecified atom stereocenters. The van der Waals surface area contributed by atoms with E-state index in [-0.39, 0.29) is 12.8 Å². The SMILES string of the molecule is COc1ccc(-c2ccccc2)cc1C[C@H](O)CC(=O)O. The highest BCUT2D eigenvalue weighted by Crippen LogP contribution is 2.27. The summed E-state index contributed by atoms with van der Waals surface area (Å²) in [6.45, 7) is 0. The van der Waals surface area contributed by atoms with Crippen molar-refractivity contribution < 1.29 is 19.7 Å². The van der Waals surface area contributed by atoms with Crippen molar-refractivity contribution in [1.29, 1.82) is 0 Å². The van der Waals surface area contributed by atoms with Gasteiger partial charge in [0.15, 0.2) is 0 Å². The lowest BCUT2D eigenvalue weighted by Gasteiger charge is -2.14. The number of benzene rings is 2. The van der Waals surface area contributed by atoms with E-state index in [1.165, 1.54) is 0 Å². The molecule has 2 aromatic carbocycles. The van der Waals surface area contributed by atoms with Gasteiger partial charge >= 0.3 is 5.97 Å². The molecule has 0 saturated heterocycles. The second-order valence-electron chi connectivity index (χ2n) is 4.85. The van der Waals surface area contributed by atoms with E-state index in [0.29, 0.717) is 5.75 Å². The van der Waals surface area contributed by atoms with Crippen molar-refractivity contribution in [2.45, 2.75) is 18.9 Å². The third-order valence-corrected chi connectivity index (χ3v) is 3.25. The van der Waals surface area contributed by atoms with E-state index in [0.717, 1.165) is 16.7 Å². The Morgan fingerprint density at radius 2 is 1.86 bits per heavy atom. The average molecular weight is 286 g/mol. The first kappa shape index (κ1) is 15.1. The van der Waals surface area contributed by atoms with Crippen LogP contribution in [0.5, 0.6) is 5.75 Å². The Labute approximate surface area is 123 Å². The van der Waals surface area contributed by atoms with Gasteiger partial charge in [0.1, 0.15) is 5.75 Å². The van der Waals surface area contributed by atoms with E-state index in [2.05, 4.69) is 0 Å². The summed E-state index contributed by atoms with van der Waals surface area (Å²) < 4.78 is 5.28. The molecule has 0 aliphatic rings. The molecular weight excluding hydrogens is 268 g/mol. The average Bonchev–Trinajstić information content (AvgIpc) is 2.47. The Balaban J connectivity index is 2.28. The van der Waals surface area contributed by atoms with Gasteiger partial charge < -0.3 is 14.9 Å². The number of carbonyl (C=O) groups is 1. The van der Waals surface area contributed by atoms with E-state index in [4.69, 9.17) is 9.84 Å². The lowest BCUT2D eigenvalue weighted by atomic mass is 9.98. The molecule has 0 amide bonds. The molecule has 0 radical (unpaired) electrons. The van der Waals surface area contributed by atoms with Crippen LogP contribution < -0.4 is 4.74 Å². The summed E-state index contributed by atoms with van der Waals surface area (Å²) in [5.41, 5.74) is 2.87. The first-order chi connectivity index (χ1) is 10.1. The van der Waals surface area contributed by atoms with E-state index in [1.54, 1.807) is 7.11 Å². The fourth-order valence-electron chi connectivity index (χ4n) is 2.28. The molecule has 0 fully saturated rings. The van der Waals surface area contributed by atoms with Gasteiger partial charge in [-0.1, -0.05) is 36.4 Å². The number of ether oxygens (including phenoxy) is 1. The molecule has 4 heteroatoms. The smallest absolute Gasteiger partial charge is 0.305 e. The number of hydrogen-bond acceptors (Lipinski definition) is 3. The Kier molecular flexibility index (Phi) is 4.95. The molecule has 0 aliphatic heterocycles. The fourth-order valence-corrected chi connectivity index (χ4v) is 2.28. The highest BCUT2D eigenvalue weighted by molar-refractivity contribution is 5.68. The van der Waals surface area contributed by atoms with Crippen LogP contribution in [0, 0.1) is 0 Å². The van der Waals surface area contributed by atoms with Crippen molar-refractivity contribution in [2.24, 2.45) is 0 Å². The quantitative estimate of drug-likeness (QED) is 0.857. The number of rotatable bonds is 6. The van der Waals surface area contributed by atoms with Crippen LogP contribution >= 0.6 is 0 Å². The summed E-state index contributed by atoms with van der Waals surface area (Å²) >= 11 is 0. The molecule has 4 nitrogen and oxygen atoms in total. The van der Waals surface area contributed by atoms with Crippen molar-refractivity contribution in [1.82, 2.24) is 0 Å². The molecule has 0 aromatic heterocycles. The van der Waals surface area contributed by atoms with E-state index < -0.39 is 12.1 Å². The molecule has 0 heterocycles. The highest BCUT2D eigenvalue weighted by atomic mass is 16.5. The molecule has 0 bridgehead atoms. The number of hydrogen-bond donors (Lipinski definition) is 2. The highest BCUT2D eigenvalue weighted by Gasteiger charge is 2.14. The lowest BCUT2D eigenvalue weighted by Crippen LogP contribution is -2.16. The van der Waals surface area contributed by atoms with Gasteiger partial charge in [-0.15, -0.1) is 0 Å². The fraction of sp³-hybridized carbons (Fsp3) is 0.235. The second-order valence-corrected chi connectivity index (χ2v) is 4.85. The molecule has 0 saturated carbocycles. The topological polar surface area (TPSA) is 66.8 Å². The lowest BCUT2D eigenvalue weighted by molar-refractivity contribution is -0.139. The Hall–Kier alpha value is -2.33. The number of aliphatic carboxylic acids is 1. The van der Waals surface area contributed by atoms with Gasteiger partial charge in [-0.25, -0.2) is 0 Å². The minimum absolute atomic E-state index is 0.246. The summed E-state index contributed by atoms with van der Waals surface area (Å²) in [4.78, 5) is 10.7. The van der Waals surface area contributed by atoms with Gasteiger partial charge in [0.05, 0.1) is 19.6 Å². The van der Waals surface area contributed by atoms with Crippen LogP contribution in [-0.4, -0.2) is 29.4 Å². The van der Waals surface area contributed by atoms with E-state index in [1.807, 2.05) is 48.5 Å². The summed E-state index contributed by atoms with van der Waals surface area (Å²) in [5.74, 6) is -0.361. The molecule has 110 valence electrons. The maximum Gasteiger partial charge on any atom is 0.305 e. The van der Waals surface area contributed by atoms with Gasteiger partial charge in [0, 0.05) is 6.42 Å². The van der Waals surface area contributed by atoms with Crippen molar-refractivity contribution in [3.05, 3.63) is 54.1 Å². The molecule has 2 aromatic rings. The molecule has 21 heavy (non-hydrogen) atoms. The zero-order chi connectivity index (χ0) is 15.2. The normalized spacial score (nSPS) is 11.9. The van der Waals surface area contributed by atoms with Crippen LogP contribution in [0.4, 0.5) is 0 Å². The van der Waals surface area contributed by atoms with Crippen molar-refractivity contribution in [2.75, 3.05) is 7.11 Å². The van der Waals surface area contributed by atoms with Crippen LogP contribution in [0.1, 0.15) is 12.0 Å². The third kappa shape index (κ3) is 4.07. The zero-order valence-electron chi connectivity index (χ0n) is 11.8. The molecular formula is C17H18O4. The largest absolute Gasteiger partial charge is 0.496 e. The Morgan fingerprint density at radius 1 is 1.14 bits per heavy atom. The third-order valence-electron chi connectivity index (χ3n) is 3.25. The predicted molar refractivity (Wildman–Crippen MR) is 80.4 cm³/mol. The van der Waals surface area contributed by atoms with Gasteiger partial charge in [-0.2, -0.15) is 0 Å². The van der Waals surface area contributed by atoms with Gasteiger partial charge in [0.2, 0.25) is 0 Å². The van der Waals surface area contributed by atoms with Crippen molar-refractivity contribution in [3.8, 4) is 16.9 Å². The van der Waals surface area contributed by atoms with Gasteiger partial charge in [-0.05, 0) is 28.8 Å². The minimum atomic E-state index is -1.01. The number of aliphatic hydroxyl groups excluding tert-OH is 1. The predicted octanol–water partition coefficient (Wildman–Crippen LogP) is 2.74. The number of carboxylic acid groups (broad SMARTS) is 1. The summed E-state index contributed by atoms with van der Waals surface area (Å²) in [6, 6.07) is 15.6. The van der Waals surface area contributed by atoms with Crippen molar-refractivity contribution in [3.63, 3.8) is 0 Å².